The van der Waals surface area contributed by atoms with Gasteiger partial charge in [-0.05, 0) is 79.9 Å². The van der Waals surface area contributed by atoms with Crippen LogP contribution in [-0.2, 0) is 16.0 Å². The molecular formula is C32H30N2O6S. The fraction of sp³-hybridized carbons (Fsp3) is 0.281. The molecule has 0 bridgehead atoms. The maximum atomic E-state index is 13.6. The first-order valence-corrected chi connectivity index (χ1v) is 14.6. The Balaban J connectivity index is 1.48. The van der Waals surface area contributed by atoms with Gasteiger partial charge in [-0.1, -0.05) is 30.4 Å². The summed E-state index contributed by atoms with van der Waals surface area (Å²) >= 11 is 1.30. The van der Waals surface area contributed by atoms with Crippen molar-refractivity contribution in [3.63, 3.8) is 0 Å². The van der Waals surface area contributed by atoms with Crippen LogP contribution in [0.1, 0.15) is 49.9 Å². The van der Waals surface area contributed by atoms with Crippen LogP contribution in [0.5, 0.6) is 17.2 Å². The Bertz CT molecular complexity index is 1680. The Morgan fingerprint density at radius 2 is 1.83 bits per heavy atom. The summed E-state index contributed by atoms with van der Waals surface area (Å²) in [7, 11) is 0. The molecule has 2 unspecified atom stereocenters. The molecule has 0 spiro atoms. The smallest absolute Gasteiger partial charge is 0.301 e. The van der Waals surface area contributed by atoms with Crippen molar-refractivity contribution in [2.24, 2.45) is 0 Å². The van der Waals surface area contributed by atoms with Crippen molar-refractivity contribution in [2.45, 2.75) is 45.8 Å². The lowest BCUT2D eigenvalue weighted by atomic mass is 9.94. The van der Waals surface area contributed by atoms with Crippen LogP contribution in [0.15, 0.2) is 66.2 Å². The topological polar surface area (TPSA) is 98.2 Å². The van der Waals surface area contributed by atoms with E-state index in [1.165, 1.54) is 16.2 Å². The molecule has 2 aliphatic rings. The van der Waals surface area contributed by atoms with E-state index in [1.807, 2.05) is 69.3 Å². The highest BCUT2D eigenvalue weighted by atomic mass is 32.1. The Kier molecular flexibility index (Phi) is 7.13. The molecule has 1 amide bonds. The number of thiazole rings is 1. The first-order valence-electron chi connectivity index (χ1n) is 13.7. The molecule has 0 aliphatic carbocycles. The minimum atomic E-state index is -0.884. The minimum absolute atomic E-state index is 0.0124. The minimum Gasteiger partial charge on any atom is -0.507 e. The van der Waals surface area contributed by atoms with Crippen LogP contribution in [0.25, 0.3) is 16.0 Å². The molecule has 41 heavy (non-hydrogen) atoms. The summed E-state index contributed by atoms with van der Waals surface area (Å²) in [6.45, 7) is 7.03. The van der Waals surface area contributed by atoms with Crippen LogP contribution in [0.2, 0.25) is 0 Å². The van der Waals surface area contributed by atoms with Crippen molar-refractivity contribution in [3.05, 3.63) is 82.9 Å². The zero-order valence-electron chi connectivity index (χ0n) is 23.0. The van der Waals surface area contributed by atoms with Gasteiger partial charge in [0, 0.05) is 12.0 Å². The molecule has 4 aromatic rings. The van der Waals surface area contributed by atoms with Crippen LogP contribution in [-0.4, -0.2) is 41.1 Å². The fourth-order valence-electron chi connectivity index (χ4n) is 5.29. The van der Waals surface area contributed by atoms with Gasteiger partial charge in [0.15, 0.2) is 5.13 Å². The molecule has 1 aromatic heterocycles. The van der Waals surface area contributed by atoms with Gasteiger partial charge in [0.1, 0.15) is 29.1 Å². The quantitative estimate of drug-likeness (QED) is 0.148. The molecular weight excluding hydrogens is 540 g/mol. The monoisotopic (exact) mass is 570 g/mol. The molecule has 3 aromatic carbocycles. The molecule has 3 heterocycles. The van der Waals surface area contributed by atoms with Crippen LogP contribution in [0.4, 0.5) is 5.13 Å². The zero-order chi connectivity index (χ0) is 28.7. The number of aromatic nitrogens is 1. The van der Waals surface area contributed by atoms with E-state index in [0.717, 1.165) is 22.4 Å². The average Bonchev–Trinajstić information content (AvgIpc) is 3.64. The van der Waals surface area contributed by atoms with Crippen molar-refractivity contribution in [3.8, 4) is 17.2 Å². The van der Waals surface area contributed by atoms with Crippen LogP contribution < -0.4 is 19.1 Å². The number of anilines is 1. The Morgan fingerprint density at radius 3 is 2.59 bits per heavy atom. The highest BCUT2D eigenvalue weighted by Gasteiger charge is 2.48. The number of carbonyl (C=O) groups is 2. The van der Waals surface area contributed by atoms with Gasteiger partial charge in [0.05, 0.1) is 35.0 Å². The number of aliphatic hydroxyl groups is 1. The Morgan fingerprint density at radius 1 is 1.05 bits per heavy atom. The summed E-state index contributed by atoms with van der Waals surface area (Å²) in [6.07, 6.45) is 1.60. The number of aliphatic hydroxyl groups excluding tert-OH is 1. The number of nitrogens with zero attached hydrogens (tertiary/aromatic N) is 2. The first kappa shape index (κ1) is 26.8. The molecule has 1 saturated heterocycles. The van der Waals surface area contributed by atoms with Gasteiger partial charge in [-0.3, -0.25) is 14.5 Å². The predicted octanol–water partition coefficient (Wildman–Crippen LogP) is 6.43. The lowest BCUT2D eigenvalue weighted by Crippen LogP contribution is -2.29. The van der Waals surface area contributed by atoms with E-state index >= 15 is 0 Å². The number of carbonyl (C=O) groups excluding carboxylic acids is 2. The van der Waals surface area contributed by atoms with Crippen LogP contribution in [0.3, 0.4) is 0 Å². The maximum absolute atomic E-state index is 13.6. The molecule has 2 aliphatic heterocycles. The second-order valence-electron chi connectivity index (χ2n) is 10.1. The summed E-state index contributed by atoms with van der Waals surface area (Å²) in [4.78, 5) is 33.4. The van der Waals surface area contributed by atoms with E-state index in [2.05, 4.69) is 0 Å². The predicted molar refractivity (Wildman–Crippen MR) is 158 cm³/mol. The van der Waals surface area contributed by atoms with Crippen molar-refractivity contribution in [2.75, 3.05) is 18.1 Å². The second kappa shape index (κ2) is 10.9. The highest BCUT2D eigenvalue weighted by molar-refractivity contribution is 7.22. The van der Waals surface area contributed by atoms with Crippen molar-refractivity contribution in [1.29, 1.82) is 0 Å². The van der Waals surface area contributed by atoms with Gasteiger partial charge in [-0.25, -0.2) is 4.98 Å². The summed E-state index contributed by atoms with van der Waals surface area (Å²) < 4.78 is 18.0. The van der Waals surface area contributed by atoms with Gasteiger partial charge >= 0.3 is 5.91 Å². The Hall–Kier alpha value is -4.37. The number of rotatable bonds is 8. The number of hydrogen-bond acceptors (Lipinski definition) is 8. The van der Waals surface area contributed by atoms with Gasteiger partial charge in [-0.15, -0.1) is 0 Å². The summed E-state index contributed by atoms with van der Waals surface area (Å²) in [5, 5.41) is 12.0. The van der Waals surface area contributed by atoms with E-state index in [0.29, 0.717) is 52.9 Å². The summed E-state index contributed by atoms with van der Waals surface area (Å²) in [5.74, 6) is 0.400. The zero-order valence-corrected chi connectivity index (χ0v) is 23.9. The van der Waals surface area contributed by atoms with Gasteiger partial charge in [0.2, 0.25) is 0 Å². The number of ketones is 1. The Labute approximate surface area is 241 Å². The number of fused-ring (bicyclic) bond motifs is 2. The lowest BCUT2D eigenvalue weighted by Gasteiger charge is -2.23. The maximum Gasteiger partial charge on any atom is 0.301 e. The van der Waals surface area contributed by atoms with E-state index in [1.54, 1.807) is 12.1 Å². The van der Waals surface area contributed by atoms with E-state index < -0.39 is 17.7 Å². The van der Waals surface area contributed by atoms with Crippen LogP contribution >= 0.6 is 11.3 Å². The summed E-state index contributed by atoms with van der Waals surface area (Å²) in [6, 6.07) is 17.2. The third kappa shape index (κ3) is 4.91. The van der Waals surface area contributed by atoms with Gasteiger partial charge in [-0.2, -0.15) is 0 Å². The molecule has 210 valence electrons. The normalized spacial score (nSPS) is 19.4. The van der Waals surface area contributed by atoms with Gasteiger partial charge < -0.3 is 19.3 Å². The van der Waals surface area contributed by atoms with Gasteiger partial charge in [0.25, 0.3) is 5.78 Å². The standard InChI is InChI=1S/C32H30N2O6S/c1-4-14-39-22-9-6-19(7-10-22)28-27(29(35)20-8-13-25-21(16-20)15-18(3)40-25)30(36)31(37)34(28)32-33-24-12-11-23(38-5-2)17-26(24)41-32/h6-13,16-18,28,35H,4-5,14-15H2,1-3H3/b29-27-. The first-order chi connectivity index (χ1) is 19.9. The molecule has 2 atom stereocenters. The van der Waals surface area contributed by atoms with Crippen molar-refractivity contribution in [1.82, 2.24) is 4.98 Å². The lowest BCUT2D eigenvalue weighted by molar-refractivity contribution is -0.132. The molecule has 1 N–H and O–H groups in total. The third-order valence-electron chi connectivity index (χ3n) is 7.15. The highest BCUT2D eigenvalue weighted by Crippen LogP contribution is 2.45. The van der Waals surface area contributed by atoms with E-state index in [9.17, 15) is 14.7 Å². The largest absolute Gasteiger partial charge is 0.507 e. The second-order valence-corrected chi connectivity index (χ2v) is 11.1. The molecule has 9 heteroatoms. The number of benzene rings is 3. The molecule has 0 saturated carbocycles. The number of ether oxygens (including phenoxy) is 3. The molecule has 1 fully saturated rings. The average molecular weight is 571 g/mol. The molecule has 8 nitrogen and oxygen atoms in total. The number of hydrogen-bond donors (Lipinski definition) is 1. The SMILES string of the molecule is CCCOc1ccc(C2/C(=C(/O)c3ccc4c(c3)CC(C)O4)C(=O)C(=O)N2c2nc3ccc(OCC)cc3s2)cc1. The van der Waals surface area contributed by atoms with E-state index in [4.69, 9.17) is 19.2 Å². The fourth-order valence-corrected chi connectivity index (χ4v) is 6.31. The third-order valence-corrected chi connectivity index (χ3v) is 8.17. The van der Waals surface area contributed by atoms with Crippen molar-refractivity contribution >= 4 is 44.1 Å². The molecule has 6 rings (SSSR count). The molecule has 0 radical (unpaired) electrons. The number of amides is 1. The van der Waals surface area contributed by atoms with Crippen molar-refractivity contribution < 1.29 is 28.9 Å². The van der Waals surface area contributed by atoms with Crippen LogP contribution in [0, 0.1) is 0 Å². The number of Topliss-reactive ketones (excluding diaryl/α,β-unsaturated/α-hetero) is 1. The van der Waals surface area contributed by atoms with E-state index in [-0.39, 0.29) is 17.4 Å². The summed E-state index contributed by atoms with van der Waals surface area (Å²) in [5.41, 5.74) is 2.75.